The Morgan fingerprint density at radius 3 is 2.06 bits per heavy atom. The van der Waals surface area contributed by atoms with Gasteiger partial charge >= 0.3 is 0 Å². The highest BCUT2D eigenvalue weighted by atomic mass is 32.1. The normalized spacial score (nSPS) is 15.1. The third kappa shape index (κ3) is 3.72. The number of para-hydroxylation sites is 1. The molecule has 10 rings (SSSR count). The molecule has 0 amide bonds. The van der Waals surface area contributed by atoms with Crippen LogP contribution in [0.25, 0.3) is 58.8 Å². The zero-order valence-electron chi connectivity index (χ0n) is 25.4. The molecule has 0 aliphatic heterocycles. The summed E-state index contributed by atoms with van der Waals surface area (Å²) in [6.45, 7) is 0. The zero-order chi connectivity index (χ0) is 31.0. The van der Waals surface area contributed by atoms with Crippen LogP contribution < -0.4 is 0 Å². The third-order valence-corrected chi connectivity index (χ3v) is 11.0. The minimum atomic E-state index is -0.628. The lowest BCUT2D eigenvalue weighted by molar-refractivity contribution is 0.836. The molecule has 1 atom stereocenters. The fraction of sp³-hybridized carbons (Fsp3) is 0.0222. The molecule has 0 saturated carbocycles. The number of hydrogen-bond donors (Lipinski definition) is 0. The molecule has 0 bridgehead atoms. The molecule has 1 unspecified atom stereocenters. The maximum Gasteiger partial charge on any atom is 0.108 e. The number of fused-ring (bicyclic) bond motifs is 9. The number of rotatable bonds is 2. The first-order valence-electron chi connectivity index (χ1n) is 16.0. The van der Waals surface area contributed by atoms with Crippen LogP contribution in [-0.2, 0) is 5.41 Å². The van der Waals surface area contributed by atoms with E-state index in [0.717, 1.165) is 5.56 Å². The summed E-state index contributed by atoms with van der Waals surface area (Å²) in [5.41, 5.74) is 10.1. The Labute approximate surface area is 277 Å². The second-order valence-corrected chi connectivity index (χ2v) is 13.4. The largest absolute Gasteiger partial charge is 0.309 e. The van der Waals surface area contributed by atoms with E-state index in [4.69, 9.17) is 0 Å². The summed E-state index contributed by atoms with van der Waals surface area (Å²) in [5, 5.41) is 5.19. The fourth-order valence-corrected chi connectivity index (χ4v) is 8.96. The number of aromatic nitrogens is 1. The van der Waals surface area contributed by atoms with Gasteiger partial charge in [-0.3, -0.25) is 0 Å². The van der Waals surface area contributed by atoms with Crippen molar-refractivity contribution in [1.29, 1.82) is 0 Å². The second-order valence-electron chi connectivity index (χ2n) is 12.3. The molecule has 0 fully saturated rings. The average Bonchev–Trinajstić information content (AvgIpc) is 3.76. The Morgan fingerprint density at radius 1 is 0.489 bits per heavy atom. The summed E-state index contributed by atoms with van der Waals surface area (Å²) in [6, 6.07) is 59.3. The standard InChI is InChI=1S/C45H27NS/c1-3-14-30(15-4-1)26-27-45(31-16-5-2-6-17-31)37-21-10-7-20-34(37)44-38(45)22-13-24-40(44)46-39-23-11-8-18-32(39)35-28-36-33-19-9-12-25-42(33)47-43(36)29-41(35)46/h1-25,28-29H. The molecule has 0 N–H and O–H groups in total. The van der Waals surface area contributed by atoms with Gasteiger partial charge in [-0.15, -0.1) is 11.3 Å². The summed E-state index contributed by atoms with van der Waals surface area (Å²) >= 11 is 1.87. The molecule has 1 aliphatic rings. The Bertz CT molecular complexity index is 2740. The van der Waals surface area contributed by atoms with Crippen LogP contribution in [0.4, 0.5) is 0 Å². The SMILES string of the molecule is C(#CC1(c2ccccc2)c2ccccc2-c2c(-n3c4ccccc4c4cc5c(cc43)sc3ccccc35)cccc21)c1ccccc1. The molecular weight excluding hydrogens is 587 g/mol. The van der Waals surface area contributed by atoms with Crippen molar-refractivity contribution < 1.29 is 0 Å². The summed E-state index contributed by atoms with van der Waals surface area (Å²) < 4.78 is 5.13. The maximum absolute atomic E-state index is 3.87. The van der Waals surface area contributed by atoms with Crippen molar-refractivity contribution in [3.05, 3.63) is 186 Å². The van der Waals surface area contributed by atoms with Crippen LogP contribution in [0, 0.1) is 11.8 Å². The minimum absolute atomic E-state index is 0.628. The molecule has 0 radical (unpaired) electrons. The monoisotopic (exact) mass is 613 g/mol. The van der Waals surface area contributed by atoms with Crippen LogP contribution in [0.3, 0.4) is 0 Å². The molecule has 2 heteroatoms. The van der Waals surface area contributed by atoms with Crippen LogP contribution in [-0.4, -0.2) is 4.57 Å². The van der Waals surface area contributed by atoms with Gasteiger partial charge in [-0.25, -0.2) is 0 Å². The van der Waals surface area contributed by atoms with E-state index < -0.39 is 5.41 Å². The first-order valence-corrected chi connectivity index (χ1v) is 16.8. The van der Waals surface area contributed by atoms with E-state index in [0.29, 0.717) is 0 Å². The number of hydrogen-bond acceptors (Lipinski definition) is 1. The predicted molar refractivity (Wildman–Crippen MR) is 199 cm³/mol. The molecular formula is C45H27NS. The summed E-state index contributed by atoms with van der Waals surface area (Å²) in [6.07, 6.45) is 0. The number of benzene rings is 7. The molecule has 0 spiro atoms. The van der Waals surface area contributed by atoms with Crippen molar-refractivity contribution in [1.82, 2.24) is 4.57 Å². The van der Waals surface area contributed by atoms with Crippen molar-refractivity contribution in [2.45, 2.75) is 5.41 Å². The van der Waals surface area contributed by atoms with E-state index in [1.54, 1.807) is 0 Å². The van der Waals surface area contributed by atoms with Gasteiger partial charge in [0.15, 0.2) is 0 Å². The van der Waals surface area contributed by atoms with Gasteiger partial charge in [0.05, 0.1) is 16.7 Å². The number of thiophene rings is 1. The van der Waals surface area contributed by atoms with Gasteiger partial charge in [0, 0.05) is 42.1 Å². The van der Waals surface area contributed by atoms with Crippen molar-refractivity contribution in [2.75, 3.05) is 0 Å². The van der Waals surface area contributed by atoms with E-state index in [1.165, 1.54) is 75.5 Å². The quantitative estimate of drug-likeness (QED) is 0.171. The van der Waals surface area contributed by atoms with Gasteiger partial charge in [-0.05, 0) is 64.7 Å². The highest BCUT2D eigenvalue weighted by molar-refractivity contribution is 7.25. The molecule has 2 heterocycles. The highest BCUT2D eigenvalue weighted by Crippen LogP contribution is 2.55. The topological polar surface area (TPSA) is 4.93 Å². The first-order chi connectivity index (χ1) is 23.3. The van der Waals surface area contributed by atoms with E-state index in [-0.39, 0.29) is 0 Å². The molecule has 47 heavy (non-hydrogen) atoms. The van der Waals surface area contributed by atoms with Crippen LogP contribution in [0.1, 0.15) is 22.3 Å². The summed E-state index contributed by atoms with van der Waals surface area (Å²) in [4.78, 5) is 0. The fourth-order valence-electron chi connectivity index (χ4n) is 7.84. The highest BCUT2D eigenvalue weighted by Gasteiger charge is 2.45. The Morgan fingerprint density at radius 2 is 1.19 bits per heavy atom. The van der Waals surface area contributed by atoms with Crippen molar-refractivity contribution in [3.8, 4) is 28.7 Å². The van der Waals surface area contributed by atoms with Crippen molar-refractivity contribution in [3.63, 3.8) is 0 Å². The first kappa shape index (κ1) is 26.3. The lowest BCUT2D eigenvalue weighted by Gasteiger charge is -2.27. The van der Waals surface area contributed by atoms with E-state index in [2.05, 4.69) is 174 Å². The third-order valence-electron chi connectivity index (χ3n) is 9.83. The van der Waals surface area contributed by atoms with Gasteiger partial charge in [0.2, 0.25) is 0 Å². The Balaban J connectivity index is 1.33. The number of nitrogens with zero attached hydrogens (tertiary/aromatic N) is 1. The van der Waals surface area contributed by atoms with E-state index in [9.17, 15) is 0 Å². The van der Waals surface area contributed by atoms with Gasteiger partial charge in [-0.1, -0.05) is 133 Å². The smallest absolute Gasteiger partial charge is 0.108 e. The molecule has 7 aromatic carbocycles. The predicted octanol–water partition coefficient (Wildman–Crippen LogP) is 11.5. The Hall–Kier alpha value is -5.88. The molecule has 9 aromatic rings. The molecule has 218 valence electrons. The molecule has 0 saturated heterocycles. The van der Waals surface area contributed by atoms with Gasteiger partial charge < -0.3 is 4.57 Å². The summed E-state index contributed by atoms with van der Waals surface area (Å²) in [7, 11) is 0. The maximum atomic E-state index is 3.87. The lowest BCUT2D eigenvalue weighted by Crippen LogP contribution is -2.25. The van der Waals surface area contributed by atoms with Gasteiger partial charge in [0.25, 0.3) is 0 Å². The van der Waals surface area contributed by atoms with Crippen molar-refractivity contribution >= 4 is 53.3 Å². The molecule has 1 nitrogen and oxygen atoms in total. The van der Waals surface area contributed by atoms with Crippen molar-refractivity contribution in [2.24, 2.45) is 0 Å². The van der Waals surface area contributed by atoms with E-state index >= 15 is 0 Å². The average molecular weight is 614 g/mol. The van der Waals surface area contributed by atoms with Crippen LogP contribution >= 0.6 is 11.3 Å². The van der Waals surface area contributed by atoms with Crippen LogP contribution in [0.5, 0.6) is 0 Å². The lowest BCUT2D eigenvalue weighted by atomic mass is 9.73. The van der Waals surface area contributed by atoms with Gasteiger partial charge in [-0.2, -0.15) is 0 Å². The summed E-state index contributed by atoms with van der Waals surface area (Å²) in [5.74, 6) is 7.47. The van der Waals surface area contributed by atoms with E-state index in [1.807, 2.05) is 17.4 Å². The Kier molecular flexibility index (Phi) is 5.64. The molecule has 1 aliphatic carbocycles. The zero-order valence-corrected chi connectivity index (χ0v) is 26.3. The minimum Gasteiger partial charge on any atom is -0.309 e. The molecule has 2 aromatic heterocycles. The van der Waals surface area contributed by atoms with Gasteiger partial charge in [0.1, 0.15) is 5.41 Å². The second kappa shape index (κ2) is 10.1. The van der Waals surface area contributed by atoms with Crippen LogP contribution in [0.15, 0.2) is 164 Å². The van der Waals surface area contributed by atoms with Crippen LogP contribution in [0.2, 0.25) is 0 Å².